The average molecular weight is 458 g/mol. The highest BCUT2D eigenvalue weighted by atomic mass is 32.2. The minimum Gasteiger partial charge on any atom is -0.357 e. The molecule has 1 N–H and O–H groups in total. The van der Waals surface area contributed by atoms with E-state index in [0.717, 1.165) is 15.4 Å². The minimum absolute atomic E-state index is 0.00277. The molecule has 170 valence electrons. The molecule has 0 aliphatic carbocycles. The van der Waals surface area contributed by atoms with E-state index in [2.05, 4.69) is 5.32 Å². The van der Waals surface area contributed by atoms with E-state index in [1.54, 1.807) is 19.1 Å². The fourth-order valence-corrected chi connectivity index (χ4v) is 5.38. The van der Waals surface area contributed by atoms with Gasteiger partial charge in [0.2, 0.25) is 11.8 Å². The van der Waals surface area contributed by atoms with Crippen LogP contribution in [-0.2, 0) is 26.2 Å². The van der Waals surface area contributed by atoms with Gasteiger partial charge in [-0.15, -0.1) is 0 Å². The van der Waals surface area contributed by atoms with E-state index in [4.69, 9.17) is 0 Å². The summed E-state index contributed by atoms with van der Waals surface area (Å²) in [6.07, 6.45) is 0.158. The van der Waals surface area contributed by atoms with Gasteiger partial charge in [-0.25, -0.2) is 12.7 Å². The molecule has 2 aromatic rings. The molecule has 9 heteroatoms. The fourth-order valence-electron chi connectivity index (χ4n) is 3.77. The lowest BCUT2D eigenvalue weighted by molar-refractivity contribution is -0.140. The molecule has 0 spiro atoms. The molecule has 1 aliphatic heterocycles. The Hall–Kier alpha value is -3.20. The fraction of sp³-hybridized carbons (Fsp3) is 0.348. The summed E-state index contributed by atoms with van der Waals surface area (Å²) in [5.74, 6) is -1.16. The molecule has 0 radical (unpaired) electrons. The van der Waals surface area contributed by atoms with E-state index in [1.807, 2.05) is 31.2 Å². The summed E-state index contributed by atoms with van der Waals surface area (Å²) >= 11 is 0. The third kappa shape index (κ3) is 4.67. The molecule has 0 bridgehead atoms. The van der Waals surface area contributed by atoms with Crippen LogP contribution in [-0.4, -0.2) is 55.0 Å². The minimum atomic E-state index is -3.91. The van der Waals surface area contributed by atoms with Gasteiger partial charge < -0.3 is 10.2 Å². The molecule has 1 atom stereocenters. The van der Waals surface area contributed by atoms with E-state index >= 15 is 0 Å². The standard InChI is InChI=1S/C23H27N3O5S/c1-16-8-6-9-18(14-16)15-25(17(2)22(28)24-3)21(27)12-7-13-26-23(29)19-10-4-5-11-20(19)32(26,30)31/h4-6,8-11,14,17H,7,12-13,15H2,1-3H3,(H,24,28)/t17-/m0/s1. The van der Waals surface area contributed by atoms with Gasteiger partial charge in [0.05, 0.1) is 5.56 Å². The Balaban J connectivity index is 1.70. The first-order valence-electron chi connectivity index (χ1n) is 10.4. The van der Waals surface area contributed by atoms with Gasteiger partial charge in [0, 0.05) is 26.6 Å². The Labute approximate surface area is 188 Å². The molecule has 1 heterocycles. The smallest absolute Gasteiger partial charge is 0.269 e. The van der Waals surface area contributed by atoms with E-state index < -0.39 is 22.0 Å². The number of amides is 3. The summed E-state index contributed by atoms with van der Waals surface area (Å²) in [5, 5.41) is 2.56. The number of carbonyl (C=O) groups excluding carboxylic acids is 3. The summed E-state index contributed by atoms with van der Waals surface area (Å²) in [4.78, 5) is 39.2. The van der Waals surface area contributed by atoms with Crippen LogP contribution in [0.15, 0.2) is 53.4 Å². The lowest BCUT2D eigenvalue weighted by Crippen LogP contribution is -2.46. The van der Waals surface area contributed by atoms with Crippen LogP contribution in [0.3, 0.4) is 0 Å². The van der Waals surface area contributed by atoms with Crippen molar-refractivity contribution >= 4 is 27.7 Å². The molecule has 0 unspecified atom stereocenters. The number of nitrogens with one attached hydrogen (secondary N) is 1. The zero-order valence-electron chi connectivity index (χ0n) is 18.4. The predicted octanol–water partition coefficient (Wildman–Crippen LogP) is 2.08. The second-order valence-electron chi connectivity index (χ2n) is 7.78. The lowest BCUT2D eigenvalue weighted by Gasteiger charge is -2.28. The molecule has 32 heavy (non-hydrogen) atoms. The Morgan fingerprint density at radius 1 is 1.12 bits per heavy atom. The van der Waals surface area contributed by atoms with Gasteiger partial charge in [0.25, 0.3) is 15.9 Å². The summed E-state index contributed by atoms with van der Waals surface area (Å²) in [7, 11) is -2.40. The largest absolute Gasteiger partial charge is 0.357 e. The van der Waals surface area contributed by atoms with Gasteiger partial charge in [-0.05, 0) is 38.0 Å². The van der Waals surface area contributed by atoms with Gasteiger partial charge in [0.15, 0.2) is 0 Å². The maximum atomic E-state index is 13.0. The van der Waals surface area contributed by atoms with Crippen LogP contribution in [0.2, 0.25) is 0 Å². The number of benzene rings is 2. The zero-order chi connectivity index (χ0) is 23.5. The normalized spacial score (nSPS) is 15.2. The Morgan fingerprint density at radius 2 is 1.84 bits per heavy atom. The van der Waals surface area contributed by atoms with Crippen molar-refractivity contribution in [3.8, 4) is 0 Å². The number of likely N-dealkylation sites (N-methyl/N-ethyl adjacent to an activating group) is 1. The van der Waals surface area contributed by atoms with Crippen molar-refractivity contribution in [2.75, 3.05) is 13.6 Å². The van der Waals surface area contributed by atoms with Crippen LogP contribution < -0.4 is 5.32 Å². The van der Waals surface area contributed by atoms with E-state index in [0.29, 0.717) is 0 Å². The summed E-state index contributed by atoms with van der Waals surface area (Å²) in [5.41, 5.74) is 2.08. The SMILES string of the molecule is CNC(=O)[C@H](C)N(Cc1cccc(C)c1)C(=O)CCCN1C(=O)c2ccccc2S1(=O)=O. The van der Waals surface area contributed by atoms with Gasteiger partial charge in [-0.1, -0.05) is 42.0 Å². The third-order valence-corrected chi connectivity index (χ3v) is 7.35. The van der Waals surface area contributed by atoms with Crippen molar-refractivity contribution in [2.45, 2.75) is 44.2 Å². The molecule has 1 aliphatic rings. The highest BCUT2D eigenvalue weighted by Gasteiger charge is 2.40. The number of nitrogens with zero attached hydrogens (tertiary/aromatic N) is 2. The number of rotatable bonds is 8. The van der Waals surface area contributed by atoms with Crippen molar-refractivity contribution in [3.63, 3.8) is 0 Å². The summed E-state index contributed by atoms with van der Waals surface area (Å²) < 4.78 is 26.2. The van der Waals surface area contributed by atoms with E-state index in [-0.39, 0.29) is 48.2 Å². The number of hydrogen-bond donors (Lipinski definition) is 1. The van der Waals surface area contributed by atoms with Crippen LogP contribution >= 0.6 is 0 Å². The molecule has 2 aromatic carbocycles. The van der Waals surface area contributed by atoms with Crippen LogP contribution in [0.5, 0.6) is 0 Å². The zero-order valence-corrected chi connectivity index (χ0v) is 19.2. The average Bonchev–Trinajstić information content (AvgIpc) is 2.97. The number of carbonyl (C=O) groups is 3. The van der Waals surface area contributed by atoms with Crippen LogP contribution in [0.1, 0.15) is 41.3 Å². The molecule has 3 amide bonds. The predicted molar refractivity (Wildman–Crippen MR) is 119 cm³/mol. The van der Waals surface area contributed by atoms with Gasteiger partial charge in [0.1, 0.15) is 10.9 Å². The van der Waals surface area contributed by atoms with Crippen molar-refractivity contribution in [3.05, 3.63) is 65.2 Å². The number of hydrogen-bond acceptors (Lipinski definition) is 5. The first-order chi connectivity index (χ1) is 15.2. The first kappa shape index (κ1) is 23.5. The third-order valence-electron chi connectivity index (χ3n) is 5.51. The lowest BCUT2D eigenvalue weighted by atomic mass is 10.1. The van der Waals surface area contributed by atoms with Gasteiger partial charge in [-0.3, -0.25) is 14.4 Å². The molecular weight excluding hydrogens is 430 g/mol. The topological polar surface area (TPSA) is 104 Å². The van der Waals surface area contributed by atoms with Gasteiger partial charge >= 0.3 is 0 Å². The Bertz CT molecular complexity index is 1150. The van der Waals surface area contributed by atoms with Crippen molar-refractivity contribution in [1.29, 1.82) is 0 Å². The summed E-state index contributed by atoms with van der Waals surface area (Å²) in [6.45, 7) is 3.75. The molecule has 3 rings (SSSR count). The molecular formula is C23H27N3O5S. The molecule has 0 saturated carbocycles. The quantitative estimate of drug-likeness (QED) is 0.654. The Morgan fingerprint density at radius 3 is 2.50 bits per heavy atom. The second kappa shape index (κ2) is 9.52. The highest BCUT2D eigenvalue weighted by Crippen LogP contribution is 2.30. The van der Waals surface area contributed by atoms with E-state index in [9.17, 15) is 22.8 Å². The second-order valence-corrected chi connectivity index (χ2v) is 9.61. The van der Waals surface area contributed by atoms with E-state index in [1.165, 1.54) is 24.1 Å². The summed E-state index contributed by atoms with van der Waals surface area (Å²) in [6, 6.07) is 13.0. The highest BCUT2D eigenvalue weighted by molar-refractivity contribution is 7.90. The molecule has 8 nitrogen and oxygen atoms in total. The van der Waals surface area contributed by atoms with Crippen LogP contribution in [0, 0.1) is 6.92 Å². The first-order valence-corrected chi connectivity index (χ1v) is 11.8. The van der Waals surface area contributed by atoms with Crippen LogP contribution in [0.25, 0.3) is 0 Å². The molecule has 0 saturated heterocycles. The van der Waals surface area contributed by atoms with Crippen LogP contribution in [0.4, 0.5) is 0 Å². The number of sulfonamides is 1. The number of fused-ring (bicyclic) bond motifs is 1. The maximum absolute atomic E-state index is 13.0. The molecule has 0 aromatic heterocycles. The van der Waals surface area contributed by atoms with Crippen molar-refractivity contribution < 1.29 is 22.8 Å². The van der Waals surface area contributed by atoms with Gasteiger partial charge in [-0.2, -0.15) is 0 Å². The molecule has 0 fully saturated rings. The Kier molecular flexibility index (Phi) is 6.98. The monoisotopic (exact) mass is 457 g/mol. The number of aryl methyl sites for hydroxylation is 1. The maximum Gasteiger partial charge on any atom is 0.269 e. The van der Waals surface area contributed by atoms with Crippen molar-refractivity contribution in [1.82, 2.24) is 14.5 Å². The van der Waals surface area contributed by atoms with Crippen molar-refractivity contribution in [2.24, 2.45) is 0 Å².